The second-order valence-electron chi connectivity index (χ2n) is 15.4. The molecule has 0 aliphatic heterocycles. The third-order valence-corrected chi connectivity index (χ3v) is 15.4. The molecule has 2 saturated carbocycles. The van der Waals surface area contributed by atoms with E-state index in [1.54, 1.807) is 0 Å². The van der Waals surface area contributed by atoms with Gasteiger partial charge in [-0.25, -0.2) is 0 Å². The first-order valence-corrected chi connectivity index (χ1v) is 25.5. The second kappa shape index (κ2) is 15.0. The molecule has 9 rings (SSSR count). The van der Waals surface area contributed by atoms with E-state index in [0.29, 0.717) is 0 Å². The van der Waals surface area contributed by atoms with Crippen LogP contribution >= 0.6 is 0 Å². The Hall–Kier alpha value is -3.83. The molecule has 51 heavy (non-hydrogen) atoms. The summed E-state index contributed by atoms with van der Waals surface area (Å²) in [5.41, 5.74) is 10.9. The average Bonchev–Trinajstić information content (AvgIpc) is 3.87. The van der Waals surface area contributed by atoms with Crippen molar-refractivity contribution in [2.75, 3.05) is 0 Å². The van der Waals surface area contributed by atoms with Crippen molar-refractivity contribution in [3.63, 3.8) is 0 Å². The third kappa shape index (κ3) is 7.56. The van der Waals surface area contributed by atoms with E-state index in [1.165, 1.54) is 58.8 Å². The number of hydrogen-bond donors (Lipinski definition) is 0. The molecule has 0 saturated heterocycles. The molecule has 5 heteroatoms. The minimum Gasteiger partial charge on any atom is -0.501 e. The van der Waals surface area contributed by atoms with E-state index in [2.05, 4.69) is 120 Å². The molecule has 0 spiro atoms. The van der Waals surface area contributed by atoms with E-state index < -0.39 is 13.3 Å². The van der Waals surface area contributed by atoms with Crippen LogP contribution in [-0.2, 0) is 26.5 Å². The molecular formula is C46H44GeIrN2O-2. The van der Waals surface area contributed by atoms with Gasteiger partial charge >= 0.3 is 106 Å². The SMILES string of the molecule is Cc1cc(-c2[c-]cccc2)nc[c]1[Ge]([CH3])([CH3])[CH3].[Ir].[c-]1ccc2c(oc3cc(-c4ccccc4)ccc32)c1-c1cc(CC2CC3CCC2C3)ccn1. The van der Waals surface area contributed by atoms with Gasteiger partial charge in [-0.2, -0.15) is 0 Å². The second-order valence-corrected chi connectivity index (χ2v) is 25.9. The van der Waals surface area contributed by atoms with E-state index in [0.717, 1.165) is 62.2 Å². The van der Waals surface area contributed by atoms with Crippen molar-refractivity contribution in [3.05, 3.63) is 139 Å². The Morgan fingerprint density at radius 3 is 2.33 bits per heavy atom. The first-order valence-electron chi connectivity index (χ1n) is 18.1. The predicted molar refractivity (Wildman–Crippen MR) is 210 cm³/mol. The van der Waals surface area contributed by atoms with Gasteiger partial charge in [0.2, 0.25) is 0 Å². The molecule has 3 aromatic heterocycles. The van der Waals surface area contributed by atoms with Crippen LogP contribution in [-0.4, -0.2) is 23.2 Å². The van der Waals surface area contributed by atoms with E-state index in [1.807, 2.05) is 36.5 Å². The number of aryl methyl sites for hydroxylation is 1. The maximum Gasteiger partial charge on any atom is 0.121 e. The van der Waals surface area contributed by atoms with E-state index in [4.69, 9.17) is 9.40 Å². The van der Waals surface area contributed by atoms with Crippen molar-refractivity contribution in [1.29, 1.82) is 0 Å². The fourth-order valence-electron chi connectivity index (χ4n) is 8.45. The standard InChI is InChI=1S/C31H26NO.C15H18GeN.Ir/c1-2-5-22(6-3-1)24-11-12-26-27-7-4-8-28(31(27)33-30(26)19-24)29-18-21(13-14-32-29)17-25-16-20-9-10-23(25)15-20;1-12-10-15(13-8-6-5-7-9-13)17-11-14(12)16(2,3)4;/h1-7,11-14,18-20,23,25H,9-10,15-17H2;5-8,10-11H,1-4H3;/q2*-1;. The quantitative estimate of drug-likeness (QED) is 0.123. The summed E-state index contributed by atoms with van der Waals surface area (Å²) in [5, 5.41) is 2.26. The van der Waals surface area contributed by atoms with Crippen molar-refractivity contribution in [2.45, 2.75) is 56.3 Å². The number of nitrogens with zero attached hydrogens (tertiary/aromatic N) is 2. The molecule has 259 valence electrons. The Bertz CT molecular complexity index is 2280. The van der Waals surface area contributed by atoms with Crippen LogP contribution in [0.1, 0.15) is 36.8 Å². The van der Waals surface area contributed by atoms with Crippen LogP contribution < -0.4 is 4.40 Å². The number of benzene rings is 4. The predicted octanol–water partition coefficient (Wildman–Crippen LogP) is 11.5. The molecule has 7 aromatic rings. The number of aromatic nitrogens is 2. The molecule has 1 radical (unpaired) electrons. The minimum absolute atomic E-state index is 0. The van der Waals surface area contributed by atoms with Crippen molar-refractivity contribution >= 4 is 39.6 Å². The molecule has 3 nitrogen and oxygen atoms in total. The van der Waals surface area contributed by atoms with E-state index >= 15 is 0 Å². The molecular weight excluding hydrogens is 861 g/mol. The Balaban J connectivity index is 0.000000192. The number of pyridine rings is 2. The van der Waals surface area contributed by atoms with Crippen LogP contribution in [0.3, 0.4) is 0 Å². The Kier molecular flexibility index (Phi) is 10.5. The van der Waals surface area contributed by atoms with Gasteiger partial charge in [-0.3, -0.25) is 0 Å². The van der Waals surface area contributed by atoms with Crippen molar-refractivity contribution in [2.24, 2.45) is 17.8 Å². The largest absolute Gasteiger partial charge is 0.501 e. The van der Waals surface area contributed by atoms with Gasteiger partial charge in [-0.15, -0.1) is 18.2 Å². The van der Waals surface area contributed by atoms with Crippen LogP contribution in [0.5, 0.6) is 0 Å². The number of fused-ring (bicyclic) bond motifs is 5. The molecule has 3 unspecified atom stereocenters. The maximum atomic E-state index is 6.44. The van der Waals surface area contributed by atoms with Crippen molar-refractivity contribution in [3.8, 4) is 33.6 Å². The van der Waals surface area contributed by atoms with Gasteiger partial charge in [0.25, 0.3) is 0 Å². The van der Waals surface area contributed by atoms with E-state index in [-0.39, 0.29) is 20.1 Å². The summed E-state index contributed by atoms with van der Waals surface area (Å²) in [7, 11) is 0. The Labute approximate surface area is 318 Å². The third-order valence-electron chi connectivity index (χ3n) is 10.9. The average molecular weight is 906 g/mol. The topological polar surface area (TPSA) is 38.9 Å². The number of furan rings is 1. The maximum absolute atomic E-state index is 6.44. The van der Waals surface area contributed by atoms with E-state index in [9.17, 15) is 0 Å². The molecule has 4 aromatic carbocycles. The number of rotatable bonds is 6. The molecule has 0 amide bonds. The van der Waals surface area contributed by atoms with Crippen LogP contribution in [0, 0.1) is 36.8 Å². The first kappa shape index (κ1) is 35.6. The van der Waals surface area contributed by atoms with Crippen LogP contribution in [0.25, 0.3) is 55.6 Å². The summed E-state index contributed by atoms with van der Waals surface area (Å²) in [5.74, 6) is 9.98. The summed E-state index contributed by atoms with van der Waals surface area (Å²) in [6.45, 7) is 2.19. The first-order chi connectivity index (χ1) is 24.3. The summed E-state index contributed by atoms with van der Waals surface area (Å²) in [6.07, 6.45) is 11.0. The minimum atomic E-state index is -1.77. The molecule has 0 N–H and O–H groups in total. The Morgan fingerprint density at radius 1 is 0.765 bits per heavy atom. The molecule has 3 atom stereocenters. The fraction of sp³-hybridized carbons (Fsp3) is 0.261. The van der Waals surface area contributed by atoms with Crippen molar-refractivity contribution in [1.82, 2.24) is 9.97 Å². The molecule has 2 bridgehead atoms. The smallest absolute Gasteiger partial charge is 0.121 e. The van der Waals surface area contributed by atoms with Crippen LogP contribution in [0.4, 0.5) is 0 Å². The van der Waals surface area contributed by atoms with Gasteiger partial charge in [0.05, 0.1) is 5.58 Å². The summed E-state index contributed by atoms with van der Waals surface area (Å²) in [6, 6.07) is 42.4. The summed E-state index contributed by atoms with van der Waals surface area (Å²) < 4.78 is 7.93. The summed E-state index contributed by atoms with van der Waals surface area (Å²) in [4.78, 5) is 9.32. The molecule has 2 aliphatic rings. The number of hydrogen-bond acceptors (Lipinski definition) is 3. The van der Waals surface area contributed by atoms with Gasteiger partial charge in [0, 0.05) is 31.7 Å². The fourth-order valence-corrected chi connectivity index (χ4v) is 12.0. The molecule has 2 aliphatic carbocycles. The zero-order chi connectivity index (χ0) is 34.2. The monoisotopic (exact) mass is 907 g/mol. The van der Waals surface area contributed by atoms with Crippen molar-refractivity contribution < 1.29 is 24.5 Å². The van der Waals surface area contributed by atoms with Gasteiger partial charge in [-0.05, 0) is 72.4 Å². The van der Waals surface area contributed by atoms with Gasteiger partial charge in [-0.1, -0.05) is 71.5 Å². The zero-order valence-electron chi connectivity index (χ0n) is 29.9. The van der Waals surface area contributed by atoms with Gasteiger partial charge in [0.15, 0.2) is 0 Å². The van der Waals surface area contributed by atoms with Crippen LogP contribution in [0.15, 0.2) is 120 Å². The zero-order valence-corrected chi connectivity index (χ0v) is 34.4. The van der Waals surface area contributed by atoms with Crippen LogP contribution in [0.2, 0.25) is 17.3 Å². The Morgan fingerprint density at radius 2 is 1.61 bits per heavy atom. The molecule has 2 fully saturated rings. The molecule has 3 heterocycles. The normalized spacial score (nSPS) is 18.0. The summed E-state index contributed by atoms with van der Waals surface area (Å²) >= 11 is -1.77. The van der Waals surface area contributed by atoms with Gasteiger partial charge < -0.3 is 9.40 Å². The van der Waals surface area contributed by atoms with Gasteiger partial charge in [0.1, 0.15) is 5.58 Å².